The molecule has 25 heavy (non-hydrogen) atoms. The number of carbonyl (C=O) groups excluding carboxylic acids is 1. The molecule has 1 aromatic heterocycles. The maximum atomic E-state index is 12.5. The van der Waals surface area contributed by atoms with Crippen LogP contribution < -0.4 is 5.32 Å². The van der Waals surface area contributed by atoms with Crippen molar-refractivity contribution < 1.29 is 4.79 Å². The summed E-state index contributed by atoms with van der Waals surface area (Å²) in [7, 11) is 0. The van der Waals surface area contributed by atoms with E-state index in [1.807, 2.05) is 54.6 Å². The Kier molecular flexibility index (Phi) is 5.96. The van der Waals surface area contributed by atoms with Crippen LogP contribution in [0.4, 0.5) is 0 Å². The Bertz CT molecular complexity index is 799. The lowest BCUT2D eigenvalue weighted by atomic mass is 10.1. The second-order valence-electron chi connectivity index (χ2n) is 5.93. The molecule has 1 amide bonds. The largest absolute Gasteiger partial charge is 0.346 e. The highest BCUT2D eigenvalue weighted by atomic mass is 32.1. The van der Waals surface area contributed by atoms with Crippen molar-refractivity contribution in [2.75, 3.05) is 0 Å². The molecule has 1 heterocycles. The normalized spacial score (nSPS) is 11.9. The smallest absolute Gasteiger partial charge is 0.224 e. The molecule has 0 bridgehead atoms. The van der Waals surface area contributed by atoms with Gasteiger partial charge in [0.15, 0.2) is 0 Å². The number of thiazole rings is 1. The van der Waals surface area contributed by atoms with E-state index in [9.17, 15) is 4.79 Å². The van der Waals surface area contributed by atoms with E-state index in [2.05, 4.69) is 28.7 Å². The summed E-state index contributed by atoms with van der Waals surface area (Å²) >= 11 is 1.62. The van der Waals surface area contributed by atoms with E-state index < -0.39 is 0 Å². The zero-order valence-electron chi connectivity index (χ0n) is 14.2. The summed E-state index contributed by atoms with van der Waals surface area (Å²) in [5, 5.41) is 6.20. The maximum Gasteiger partial charge on any atom is 0.224 e. The lowest BCUT2D eigenvalue weighted by Crippen LogP contribution is -2.31. The number of rotatable bonds is 7. The van der Waals surface area contributed by atoms with Gasteiger partial charge in [0.2, 0.25) is 5.91 Å². The van der Waals surface area contributed by atoms with Gasteiger partial charge in [-0.05, 0) is 30.0 Å². The molecule has 3 nitrogen and oxygen atoms in total. The summed E-state index contributed by atoms with van der Waals surface area (Å²) in [6.45, 7) is 2.09. The fourth-order valence-electron chi connectivity index (χ4n) is 2.66. The molecule has 127 valence electrons. The van der Waals surface area contributed by atoms with Gasteiger partial charge in [0, 0.05) is 5.38 Å². The summed E-state index contributed by atoms with van der Waals surface area (Å²) in [5.74, 6) is 0.0203. The monoisotopic (exact) mass is 349 g/mol. The van der Waals surface area contributed by atoms with Crippen LogP contribution >= 0.6 is 11.3 Å². The molecule has 0 saturated carbocycles. The summed E-state index contributed by atoms with van der Waals surface area (Å²) < 4.78 is 0. The van der Waals surface area contributed by atoms with Crippen LogP contribution in [-0.2, 0) is 24.1 Å². The first-order valence-corrected chi connectivity index (χ1v) is 9.35. The number of nitrogens with one attached hydrogen (secondary N) is 1. The number of benzene rings is 2. The van der Waals surface area contributed by atoms with Crippen LogP contribution in [0.25, 0.3) is 0 Å². The standard InChI is InChI=1S/C21H21N2OS/c1-2-18-15-25-21(22-18)19(13-16-9-5-3-6-10-16)23-20(24)14-17-11-7-4-8-12-17/h4-12,15,19H,2,13-14H2,1H3,(H,23,24). The molecule has 0 aliphatic rings. The van der Waals surface area contributed by atoms with Gasteiger partial charge in [-0.15, -0.1) is 11.3 Å². The lowest BCUT2D eigenvalue weighted by molar-refractivity contribution is -0.121. The van der Waals surface area contributed by atoms with Crippen LogP contribution in [0.15, 0.2) is 60.0 Å². The van der Waals surface area contributed by atoms with E-state index in [0.29, 0.717) is 6.42 Å². The molecule has 3 rings (SSSR count). The highest BCUT2D eigenvalue weighted by molar-refractivity contribution is 7.09. The third-order valence-electron chi connectivity index (χ3n) is 4.00. The van der Waals surface area contributed by atoms with Gasteiger partial charge in [-0.3, -0.25) is 4.79 Å². The minimum Gasteiger partial charge on any atom is -0.346 e. The van der Waals surface area contributed by atoms with E-state index in [-0.39, 0.29) is 11.9 Å². The predicted molar refractivity (Wildman–Crippen MR) is 102 cm³/mol. The summed E-state index contributed by atoms with van der Waals surface area (Å²) in [6.07, 6.45) is 2.01. The van der Waals surface area contributed by atoms with Crippen LogP contribution in [0.1, 0.15) is 34.8 Å². The van der Waals surface area contributed by atoms with Crippen LogP contribution in [0.2, 0.25) is 0 Å². The Labute approximate surface area is 152 Å². The van der Waals surface area contributed by atoms with E-state index in [0.717, 1.165) is 34.7 Å². The molecule has 0 fully saturated rings. The Morgan fingerprint density at radius 3 is 2.60 bits per heavy atom. The van der Waals surface area contributed by atoms with Crippen molar-refractivity contribution in [3.05, 3.63) is 87.9 Å². The molecule has 4 heteroatoms. The van der Waals surface area contributed by atoms with Gasteiger partial charge in [0.05, 0.1) is 18.2 Å². The number of nitrogens with zero attached hydrogens (tertiary/aromatic N) is 1. The first-order valence-electron chi connectivity index (χ1n) is 8.47. The van der Waals surface area contributed by atoms with Gasteiger partial charge in [-0.1, -0.05) is 61.5 Å². The summed E-state index contributed by atoms with van der Waals surface area (Å²) in [4.78, 5) is 17.2. The minimum atomic E-state index is -0.107. The summed E-state index contributed by atoms with van der Waals surface area (Å²) in [5.41, 5.74) is 3.25. The van der Waals surface area contributed by atoms with Gasteiger partial charge in [0.1, 0.15) is 5.01 Å². The highest BCUT2D eigenvalue weighted by Crippen LogP contribution is 2.23. The number of aryl methyl sites for hydroxylation is 1. The predicted octanol–water partition coefficient (Wildman–Crippen LogP) is 4.15. The molecule has 3 aromatic rings. The molecule has 0 saturated heterocycles. The van der Waals surface area contributed by atoms with Crippen LogP contribution in [-0.4, -0.2) is 10.9 Å². The fourth-order valence-corrected chi connectivity index (χ4v) is 3.62. The molecule has 0 aliphatic carbocycles. The van der Waals surface area contributed by atoms with Crippen molar-refractivity contribution in [2.45, 2.75) is 32.2 Å². The molecule has 1 N–H and O–H groups in total. The quantitative estimate of drug-likeness (QED) is 0.696. The third kappa shape index (κ3) is 5.00. The Morgan fingerprint density at radius 2 is 1.92 bits per heavy atom. The third-order valence-corrected chi connectivity index (χ3v) is 5.01. The van der Waals surface area contributed by atoms with E-state index in [4.69, 9.17) is 0 Å². The Hall–Kier alpha value is -2.46. The zero-order chi connectivity index (χ0) is 17.5. The molecule has 1 atom stereocenters. The van der Waals surface area contributed by atoms with Gasteiger partial charge in [-0.2, -0.15) is 0 Å². The van der Waals surface area contributed by atoms with E-state index in [1.54, 1.807) is 11.3 Å². The van der Waals surface area contributed by atoms with Crippen molar-refractivity contribution in [2.24, 2.45) is 0 Å². The highest BCUT2D eigenvalue weighted by Gasteiger charge is 2.19. The van der Waals surface area contributed by atoms with Crippen molar-refractivity contribution in [3.63, 3.8) is 0 Å². The second kappa shape index (κ2) is 8.58. The number of hydrogen-bond donors (Lipinski definition) is 1. The van der Waals surface area contributed by atoms with Crippen molar-refractivity contribution >= 4 is 17.2 Å². The van der Waals surface area contributed by atoms with Crippen LogP contribution in [0.5, 0.6) is 0 Å². The molecular formula is C21H21N2OS. The Balaban J connectivity index is 1.74. The zero-order valence-corrected chi connectivity index (χ0v) is 15.1. The summed E-state index contributed by atoms with van der Waals surface area (Å²) in [6, 6.07) is 20.6. The number of aromatic nitrogens is 1. The molecule has 2 aromatic carbocycles. The SMILES string of the molecule is CCc1csc(C(Cc2cc[c]cc2)NC(=O)Cc2ccccc2)n1. The van der Waals surface area contributed by atoms with Gasteiger partial charge in [0.25, 0.3) is 0 Å². The van der Waals surface area contributed by atoms with Gasteiger partial charge >= 0.3 is 0 Å². The molecule has 1 unspecified atom stereocenters. The molecule has 1 radical (unpaired) electrons. The van der Waals surface area contributed by atoms with Crippen molar-refractivity contribution in [1.82, 2.24) is 10.3 Å². The van der Waals surface area contributed by atoms with Crippen LogP contribution in [0, 0.1) is 6.07 Å². The average Bonchev–Trinajstić information content (AvgIpc) is 3.12. The molecule has 0 aliphatic heterocycles. The Morgan fingerprint density at radius 1 is 1.16 bits per heavy atom. The number of hydrogen-bond acceptors (Lipinski definition) is 3. The first kappa shape index (κ1) is 17.4. The molecule has 0 spiro atoms. The van der Waals surface area contributed by atoms with Gasteiger partial charge < -0.3 is 5.32 Å². The minimum absolute atomic E-state index is 0.0203. The van der Waals surface area contributed by atoms with E-state index >= 15 is 0 Å². The number of carbonyl (C=O) groups is 1. The van der Waals surface area contributed by atoms with Crippen molar-refractivity contribution in [3.8, 4) is 0 Å². The number of amides is 1. The first-order chi connectivity index (χ1) is 12.2. The second-order valence-corrected chi connectivity index (χ2v) is 6.82. The van der Waals surface area contributed by atoms with E-state index in [1.165, 1.54) is 0 Å². The van der Waals surface area contributed by atoms with Crippen molar-refractivity contribution in [1.29, 1.82) is 0 Å². The van der Waals surface area contributed by atoms with Crippen LogP contribution in [0.3, 0.4) is 0 Å². The fraction of sp³-hybridized carbons (Fsp3) is 0.238. The molecular weight excluding hydrogens is 328 g/mol. The maximum absolute atomic E-state index is 12.5. The average molecular weight is 349 g/mol. The van der Waals surface area contributed by atoms with Gasteiger partial charge in [-0.25, -0.2) is 4.98 Å². The topological polar surface area (TPSA) is 42.0 Å². The lowest BCUT2D eigenvalue weighted by Gasteiger charge is -2.17.